The number of rotatable bonds is 2. The summed E-state index contributed by atoms with van der Waals surface area (Å²) < 4.78 is 6.38. The van der Waals surface area contributed by atoms with E-state index in [2.05, 4.69) is 11.9 Å². The second-order valence-electron chi connectivity index (χ2n) is 9.05. The third-order valence-electron chi connectivity index (χ3n) is 7.95. The van der Waals surface area contributed by atoms with Crippen molar-refractivity contribution in [2.45, 2.75) is 38.0 Å². The van der Waals surface area contributed by atoms with Gasteiger partial charge in [-0.2, -0.15) is 7.05 Å². The number of benzene rings is 1. The Hall–Kier alpha value is -2.31. The van der Waals surface area contributed by atoms with Crippen LogP contribution in [0.4, 0.5) is 5.69 Å². The summed E-state index contributed by atoms with van der Waals surface area (Å²) in [6.07, 6.45) is 0.537. The minimum atomic E-state index is -1.42. The second kappa shape index (κ2) is 4.63. The van der Waals surface area contributed by atoms with Gasteiger partial charge in [0, 0.05) is 23.4 Å². The van der Waals surface area contributed by atoms with Crippen molar-refractivity contribution in [3.63, 3.8) is 0 Å². The number of likely N-dealkylation sites (N-methyl/N-ethyl adjacent to an activating group) is 2. The summed E-state index contributed by atoms with van der Waals surface area (Å²) in [6.45, 7) is 9.33. The number of carbonyl (C=O) groups is 3. The van der Waals surface area contributed by atoms with Gasteiger partial charge in [0.2, 0.25) is 0 Å². The lowest BCUT2D eigenvalue weighted by molar-refractivity contribution is -0.166. The van der Waals surface area contributed by atoms with Crippen LogP contribution in [0.1, 0.15) is 31.9 Å². The van der Waals surface area contributed by atoms with E-state index >= 15 is 0 Å². The fourth-order valence-corrected chi connectivity index (χ4v) is 6.41. The molecule has 6 nitrogen and oxygen atoms in total. The molecule has 0 unspecified atom stereocenters. The van der Waals surface area contributed by atoms with Gasteiger partial charge in [0.05, 0.1) is 11.6 Å². The van der Waals surface area contributed by atoms with Gasteiger partial charge in [0.1, 0.15) is 11.9 Å². The highest BCUT2D eigenvalue weighted by Crippen LogP contribution is 2.72. The number of fused-ring (bicyclic) bond motifs is 2. The number of ether oxygens (including phenoxy) is 1. The van der Waals surface area contributed by atoms with E-state index < -0.39 is 34.0 Å². The molecule has 2 aliphatic heterocycles. The Morgan fingerprint density at radius 2 is 1.86 bits per heavy atom. The lowest BCUT2D eigenvalue weighted by Gasteiger charge is -2.60. The standard InChI is InChI=1S/C22H23N2O4/c1-7-20(4)17(26)15-14-16(25)21(20,23-5)11-9-8-10-12-13(11)22(28-15,19(14,2)3)18(27)24(12)6/h7-10,14-15H,1H2,2-6H3/q-1/t14-,15+,20+,21+,22-/m0/s1. The monoisotopic (exact) mass is 379 g/mol. The first-order valence-electron chi connectivity index (χ1n) is 9.51. The average molecular weight is 379 g/mol. The van der Waals surface area contributed by atoms with Gasteiger partial charge in [-0.15, -0.1) is 6.58 Å². The van der Waals surface area contributed by atoms with Crippen molar-refractivity contribution in [3.8, 4) is 0 Å². The Morgan fingerprint density at radius 3 is 2.46 bits per heavy atom. The normalized spacial score (nSPS) is 42.0. The molecule has 0 radical (unpaired) electrons. The summed E-state index contributed by atoms with van der Waals surface area (Å²) >= 11 is 0. The van der Waals surface area contributed by atoms with E-state index in [0.29, 0.717) is 16.8 Å². The first-order valence-corrected chi connectivity index (χ1v) is 9.51. The molecule has 5 rings (SSSR count). The van der Waals surface area contributed by atoms with Gasteiger partial charge in [-0.3, -0.25) is 9.59 Å². The maximum atomic E-state index is 14.1. The maximum Gasteiger partial charge on any atom is 0.264 e. The third kappa shape index (κ3) is 1.30. The molecule has 5 atom stereocenters. The van der Waals surface area contributed by atoms with E-state index in [-0.39, 0.29) is 17.5 Å². The number of carbonyl (C=O) groups excluding carboxylic acids is 3. The zero-order valence-electron chi connectivity index (χ0n) is 16.7. The summed E-state index contributed by atoms with van der Waals surface area (Å²) in [4.78, 5) is 42.9. The zero-order valence-corrected chi connectivity index (χ0v) is 16.7. The highest BCUT2D eigenvalue weighted by molar-refractivity contribution is 6.17. The van der Waals surface area contributed by atoms with Gasteiger partial charge in [-0.05, 0) is 24.1 Å². The molecule has 1 saturated heterocycles. The van der Waals surface area contributed by atoms with E-state index in [4.69, 9.17) is 4.74 Å². The Bertz CT molecular complexity index is 1010. The molecule has 4 aliphatic rings. The van der Waals surface area contributed by atoms with Crippen LogP contribution in [0.5, 0.6) is 0 Å². The summed E-state index contributed by atoms with van der Waals surface area (Å²) in [7, 11) is 3.29. The Labute approximate surface area is 163 Å². The number of amides is 1. The predicted octanol–water partition coefficient (Wildman–Crippen LogP) is 2.46. The van der Waals surface area contributed by atoms with Crippen molar-refractivity contribution in [2.75, 3.05) is 19.0 Å². The second-order valence-corrected chi connectivity index (χ2v) is 9.05. The molecule has 1 amide bonds. The minimum Gasteiger partial charge on any atom is -0.648 e. The number of Topliss-reactive ketones (excluding diaryl/α,β-unsaturated/α-hetero) is 2. The maximum absolute atomic E-state index is 14.1. The molecular weight excluding hydrogens is 356 g/mol. The van der Waals surface area contributed by atoms with E-state index in [9.17, 15) is 14.4 Å². The number of anilines is 1. The molecule has 6 heteroatoms. The van der Waals surface area contributed by atoms with E-state index in [1.165, 1.54) is 6.08 Å². The highest BCUT2D eigenvalue weighted by Gasteiger charge is 2.79. The summed E-state index contributed by atoms with van der Waals surface area (Å²) in [6, 6.07) is 5.48. The molecule has 0 N–H and O–H groups in total. The number of hydrogen-bond donors (Lipinski definition) is 0. The zero-order chi connectivity index (χ0) is 20.4. The molecular formula is C22H23N2O4-. The summed E-state index contributed by atoms with van der Waals surface area (Å²) in [5.74, 6) is -1.39. The first-order chi connectivity index (χ1) is 13.1. The number of ketones is 2. The van der Waals surface area contributed by atoms with Crippen LogP contribution in [0, 0.1) is 16.7 Å². The van der Waals surface area contributed by atoms with Gasteiger partial charge >= 0.3 is 0 Å². The van der Waals surface area contributed by atoms with Crippen LogP contribution in [0.2, 0.25) is 0 Å². The van der Waals surface area contributed by atoms with Crippen LogP contribution in [-0.2, 0) is 30.3 Å². The number of hydrogen-bond acceptors (Lipinski definition) is 4. The molecule has 28 heavy (non-hydrogen) atoms. The highest BCUT2D eigenvalue weighted by atomic mass is 16.5. The van der Waals surface area contributed by atoms with E-state index in [0.717, 1.165) is 0 Å². The Morgan fingerprint density at radius 1 is 1.18 bits per heavy atom. The predicted molar refractivity (Wildman–Crippen MR) is 103 cm³/mol. The van der Waals surface area contributed by atoms with Gasteiger partial charge in [0.15, 0.2) is 11.4 Å². The molecule has 1 aromatic rings. The molecule has 2 aliphatic carbocycles. The lowest BCUT2D eigenvalue weighted by atomic mass is 9.52. The van der Waals surface area contributed by atoms with Gasteiger partial charge in [-0.1, -0.05) is 32.1 Å². The van der Waals surface area contributed by atoms with Crippen molar-refractivity contribution in [1.29, 1.82) is 0 Å². The largest absolute Gasteiger partial charge is 0.648 e. The molecule has 1 spiro atoms. The van der Waals surface area contributed by atoms with Crippen LogP contribution >= 0.6 is 0 Å². The fourth-order valence-electron chi connectivity index (χ4n) is 6.41. The van der Waals surface area contributed by atoms with Crippen LogP contribution in [-0.4, -0.2) is 37.7 Å². The molecule has 0 aromatic heterocycles. The van der Waals surface area contributed by atoms with Crippen molar-refractivity contribution in [1.82, 2.24) is 0 Å². The quantitative estimate of drug-likeness (QED) is 0.740. The first kappa shape index (κ1) is 17.8. The molecule has 146 valence electrons. The number of nitrogens with zero attached hydrogens (tertiary/aromatic N) is 2. The van der Waals surface area contributed by atoms with Crippen LogP contribution in [0.25, 0.3) is 5.32 Å². The van der Waals surface area contributed by atoms with Crippen LogP contribution < -0.4 is 4.90 Å². The molecule has 1 aromatic carbocycles. The average Bonchev–Trinajstić information content (AvgIpc) is 3.03. The smallest absolute Gasteiger partial charge is 0.264 e. The topological polar surface area (TPSA) is 77.8 Å². The van der Waals surface area contributed by atoms with Crippen molar-refractivity contribution < 1.29 is 19.1 Å². The third-order valence-corrected chi connectivity index (χ3v) is 7.95. The lowest BCUT2D eigenvalue weighted by Crippen LogP contribution is -2.64. The fraction of sp³-hybridized carbons (Fsp3) is 0.500. The van der Waals surface area contributed by atoms with Crippen molar-refractivity contribution in [2.24, 2.45) is 16.7 Å². The summed E-state index contributed by atoms with van der Waals surface area (Å²) in [5.41, 5.74) is -2.98. The SMILES string of the molecule is C=C[C@]1(C)C(=O)[C@@H]2O[C@]34C(=O)N(C)c5cccc(c53)[C@@]1([N-]C)C(=O)[C@H]2C4(C)C. The minimum absolute atomic E-state index is 0.165. The van der Waals surface area contributed by atoms with Crippen LogP contribution in [0.15, 0.2) is 30.9 Å². The van der Waals surface area contributed by atoms with Gasteiger partial charge < -0.3 is 19.7 Å². The van der Waals surface area contributed by atoms with Crippen molar-refractivity contribution >= 4 is 23.2 Å². The van der Waals surface area contributed by atoms with Gasteiger partial charge in [-0.25, -0.2) is 0 Å². The molecule has 3 bridgehead atoms. The van der Waals surface area contributed by atoms with E-state index in [1.54, 1.807) is 25.9 Å². The van der Waals surface area contributed by atoms with E-state index in [1.807, 2.05) is 32.0 Å². The van der Waals surface area contributed by atoms with Crippen molar-refractivity contribution in [3.05, 3.63) is 47.3 Å². The van der Waals surface area contributed by atoms with Gasteiger partial charge in [0.25, 0.3) is 5.91 Å². The van der Waals surface area contributed by atoms with Crippen LogP contribution in [0.3, 0.4) is 0 Å². The molecule has 2 fully saturated rings. The molecule has 1 saturated carbocycles. The molecule has 2 heterocycles. The Balaban J connectivity index is 2.06. The Kier molecular flexibility index (Phi) is 2.94. The summed E-state index contributed by atoms with van der Waals surface area (Å²) in [5, 5.41) is 4.60.